The summed E-state index contributed by atoms with van der Waals surface area (Å²) in [4.78, 5) is 37.8. The summed E-state index contributed by atoms with van der Waals surface area (Å²) >= 11 is 5.83. The molecule has 1 atom stereocenters. The second-order valence-electron chi connectivity index (χ2n) is 6.02. The number of esters is 1. The van der Waals surface area contributed by atoms with Crippen LogP contribution in [0.1, 0.15) is 25.0 Å². The van der Waals surface area contributed by atoms with Crippen molar-refractivity contribution in [2.75, 3.05) is 6.61 Å². The molecule has 0 fully saturated rings. The molecule has 0 saturated carbocycles. The van der Waals surface area contributed by atoms with Crippen molar-refractivity contribution in [3.8, 4) is 0 Å². The highest BCUT2D eigenvalue weighted by atomic mass is 35.5. The fraction of sp³-hybridized carbons (Fsp3) is 0.286. The van der Waals surface area contributed by atoms with Crippen molar-refractivity contribution in [3.05, 3.63) is 70.7 Å². The lowest BCUT2D eigenvalue weighted by atomic mass is 10.2. The van der Waals surface area contributed by atoms with Crippen molar-refractivity contribution < 1.29 is 28.6 Å². The Bertz CT molecular complexity index is 825. The Kier molecular flexibility index (Phi) is 8.48. The number of hydrogen-bond donors (Lipinski definition) is 0. The van der Waals surface area contributed by atoms with Gasteiger partial charge in [0.05, 0.1) is 6.61 Å². The molecule has 8 heteroatoms. The number of ether oxygens (including phenoxy) is 3. The quantitative estimate of drug-likeness (QED) is 0.483. The van der Waals surface area contributed by atoms with Gasteiger partial charge in [0, 0.05) is 5.02 Å². The van der Waals surface area contributed by atoms with Gasteiger partial charge in [-0.3, -0.25) is 0 Å². The summed E-state index contributed by atoms with van der Waals surface area (Å²) in [5, 5.41) is 0.544. The van der Waals surface area contributed by atoms with Crippen LogP contribution in [0.4, 0.5) is 9.59 Å². The molecule has 2 aromatic rings. The molecule has 2 aromatic carbocycles. The van der Waals surface area contributed by atoms with Gasteiger partial charge >= 0.3 is 18.2 Å². The maximum atomic E-state index is 12.6. The van der Waals surface area contributed by atoms with E-state index in [0.29, 0.717) is 15.5 Å². The van der Waals surface area contributed by atoms with Crippen molar-refractivity contribution in [1.82, 2.24) is 4.90 Å². The van der Waals surface area contributed by atoms with Gasteiger partial charge in [-0.2, -0.15) is 4.90 Å². The molecular formula is C21H22ClNO6. The fourth-order valence-corrected chi connectivity index (χ4v) is 2.47. The van der Waals surface area contributed by atoms with E-state index in [4.69, 9.17) is 25.8 Å². The van der Waals surface area contributed by atoms with E-state index in [9.17, 15) is 14.4 Å². The highest BCUT2D eigenvalue weighted by Gasteiger charge is 2.35. The predicted octanol–water partition coefficient (Wildman–Crippen LogP) is 4.57. The summed E-state index contributed by atoms with van der Waals surface area (Å²) in [7, 11) is 0. The van der Waals surface area contributed by atoms with E-state index in [2.05, 4.69) is 0 Å². The molecule has 0 unspecified atom stereocenters. The maximum absolute atomic E-state index is 12.6. The van der Waals surface area contributed by atoms with Crippen LogP contribution in [0.3, 0.4) is 0 Å². The molecule has 0 aromatic heterocycles. The van der Waals surface area contributed by atoms with Crippen LogP contribution in [-0.2, 0) is 32.2 Å². The van der Waals surface area contributed by atoms with Gasteiger partial charge in [-0.25, -0.2) is 14.4 Å². The molecule has 0 aliphatic carbocycles. The molecule has 0 spiro atoms. The van der Waals surface area contributed by atoms with Gasteiger partial charge in [0.15, 0.2) is 0 Å². The molecular weight excluding hydrogens is 398 g/mol. The third-order valence-corrected chi connectivity index (χ3v) is 4.14. The third kappa shape index (κ3) is 6.80. The first-order chi connectivity index (χ1) is 13.9. The van der Waals surface area contributed by atoms with Crippen molar-refractivity contribution in [2.24, 2.45) is 0 Å². The van der Waals surface area contributed by atoms with E-state index in [-0.39, 0.29) is 19.8 Å². The number of benzene rings is 2. The van der Waals surface area contributed by atoms with Crippen LogP contribution in [0.25, 0.3) is 0 Å². The number of amides is 2. The van der Waals surface area contributed by atoms with Crippen LogP contribution in [0.2, 0.25) is 5.02 Å². The number of carbonyl (C=O) groups excluding carboxylic acids is 3. The fourth-order valence-electron chi connectivity index (χ4n) is 2.34. The highest BCUT2D eigenvalue weighted by molar-refractivity contribution is 6.30. The normalized spacial score (nSPS) is 11.3. The summed E-state index contributed by atoms with van der Waals surface area (Å²) in [6.45, 7) is 2.94. The Morgan fingerprint density at radius 3 is 1.90 bits per heavy atom. The number of imide groups is 1. The van der Waals surface area contributed by atoms with Gasteiger partial charge in [-0.1, -0.05) is 54.1 Å². The molecule has 0 aliphatic heterocycles. The third-order valence-electron chi connectivity index (χ3n) is 3.89. The average molecular weight is 420 g/mol. The first-order valence-electron chi connectivity index (χ1n) is 9.00. The molecule has 0 radical (unpaired) electrons. The van der Waals surface area contributed by atoms with E-state index in [1.807, 2.05) is 6.07 Å². The van der Waals surface area contributed by atoms with Gasteiger partial charge in [0.1, 0.15) is 19.3 Å². The Morgan fingerprint density at radius 2 is 1.38 bits per heavy atom. The zero-order valence-corrected chi connectivity index (χ0v) is 16.9. The van der Waals surface area contributed by atoms with Gasteiger partial charge in [-0.05, 0) is 37.1 Å². The lowest BCUT2D eigenvalue weighted by Gasteiger charge is -2.24. The van der Waals surface area contributed by atoms with Gasteiger partial charge in [0.2, 0.25) is 0 Å². The summed E-state index contributed by atoms with van der Waals surface area (Å²) in [5.74, 6) is -0.743. The minimum Gasteiger partial charge on any atom is -0.464 e. The van der Waals surface area contributed by atoms with Gasteiger partial charge < -0.3 is 14.2 Å². The Balaban J connectivity index is 2.07. The second kappa shape index (κ2) is 11.1. The molecule has 2 rings (SSSR count). The van der Waals surface area contributed by atoms with Crippen LogP contribution >= 0.6 is 11.6 Å². The monoisotopic (exact) mass is 419 g/mol. The summed E-state index contributed by atoms with van der Waals surface area (Å²) < 4.78 is 15.3. The summed E-state index contributed by atoms with van der Waals surface area (Å²) in [6, 6.07) is 14.4. The molecule has 0 aliphatic rings. The molecule has 0 bridgehead atoms. The van der Waals surface area contributed by atoms with Crippen LogP contribution < -0.4 is 0 Å². The lowest BCUT2D eigenvalue weighted by Crippen LogP contribution is -2.48. The number of rotatable bonds is 7. The van der Waals surface area contributed by atoms with Crippen molar-refractivity contribution >= 4 is 29.8 Å². The van der Waals surface area contributed by atoms with Crippen LogP contribution in [0.5, 0.6) is 0 Å². The van der Waals surface area contributed by atoms with E-state index in [1.165, 1.54) is 6.92 Å². The molecule has 29 heavy (non-hydrogen) atoms. The van der Waals surface area contributed by atoms with Crippen molar-refractivity contribution in [2.45, 2.75) is 33.1 Å². The Morgan fingerprint density at radius 1 is 0.862 bits per heavy atom. The maximum Gasteiger partial charge on any atom is 0.420 e. The average Bonchev–Trinajstić information content (AvgIpc) is 2.73. The number of hydrogen-bond acceptors (Lipinski definition) is 6. The lowest BCUT2D eigenvalue weighted by molar-refractivity contribution is -0.147. The van der Waals surface area contributed by atoms with E-state index < -0.39 is 24.2 Å². The number of nitrogens with zero attached hydrogens (tertiary/aromatic N) is 1. The molecule has 0 N–H and O–H groups in total. The van der Waals surface area contributed by atoms with Crippen LogP contribution in [0, 0.1) is 0 Å². The smallest absolute Gasteiger partial charge is 0.420 e. The number of halogens is 1. The highest BCUT2D eigenvalue weighted by Crippen LogP contribution is 2.14. The Hall–Kier alpha value is -3.06. The van der Waals surface area contributed by atoms with Crippen molar-refractivity contribution in [3.63, 3.8) is 0 Å². The van der Waals surface area contributed by atoms with Gasteiger partial charge in [0.25, 0.3) is 0 Å². The zero-order valence-electron chi connectivity index (χ0n) is 16.2. The molecule has 0 heterocycles. The van der Waals surface area contributed by atoms with E-state index in [1.54, 1.807) is 55.5 Å². The Labute approximate surface area is 174 Å². The molecule has 2 amide bonds. The zero-order chi connectivity index (χ0) is 21.2. The van der Waals surface area contributed by atoms with Crippen LogP contribution in [0.15, 0.2) is 54.6 Å². The first-order valence-corrected chi connectivity index (χ1v) is 9.38. The SMILES string of the molecule is CCOC(=O)[C@@H](C)N(C(=O)OCc1ccccc1)C(=O)OCc1ccc(Cl)cc1. The molecule has 7 nitrogen and oxygen atoms in total. The largest absolute Gasteiger partial charge is 0.464 e. The predicted molar refractivity (Wildman–Crippen MR) is 106 cm³/mol. The van der Waals surface area contributed by atoms with E-state index >= 15 is 0 Å². The molecule has 154 valence electrons. The second-order valence-corrected chi connectivity index (χ2v) is 6.46. The summed E-state index contributed by atoms with van der Waals surface area (Å²) in [6.07, 6.45) is -2.02. The minimum absolute atomic E-state index is 0.0593. The molecule has 0 saturated heterocycles. The topological polar surface area (TPSA) is 82.1 Å². The number of carbonyl (C=O) groups is 3. The van der Waals surface area contributed by atoms with Crippen LogP contribution in [-0.4, -0.2) is 35.7 Å². The minimum atomic E-state index is -1.21. The van der Waals surface area contributed by atoms with Gasteiger partial charge in [-0.15, -0.1) is 0 Å². The van der Waals surface area contributed by atoms with E-state index in [0.717, 1.165) is 5.56 Å². The standard InChI is InChI=1S/C21H22ClNO6/c1-3-27-19(24)15(2)23(20(25)28-13-16-7-5-4-6-8-16)21(26)29-14-17-9-11-18(22)12-10-17/h4-12,15H,3,13-14H2,1-2H3/t15-/m1/s1. The summed E-state index contributed by atoms with van der Waals surface area (Å²) in [5.41, 5.74) is 1.41. The first kappa shape index (κ1) is 22.2. The van der Waals surface area contributed by atoms with Crippen molar-refractivity contribution in [1.29, 1.82) is 0 Å².